The van der Waals surface area contributed by atoms with E-state index in [2.05, 4.69) is 20.8 Å². The van der Waals surface area contributed by atoms with Gasteiger partial charge in [-0.3, -0.25) is 10.1 Å². The van der Waals surface area contributed by atoms with E-state index in [0.717, 1.165) is 42.8 Å². The summed E-state index contributed by atoms with van der Waals surface area (Å²) in [5, 5.41) is 14.0. The molecule has 1 heterocycles. The summed E-state index contributed by atoms with van der Waals surface area (Å²) in [6, 6.07) is 7.33. The first-order valence-corrected chi connectivity index (χ1v) is 10.8. The van der Waals surface area contributed by atoms with Crippen LogP contribution in [0.1, 0.15) is 39.5 Å². The molecule has 3 rings (SSSR count). The van der Waals surface area contributed by atoms with Gasteiger partial charge in [0.1, 0.15) is 5.75 Å². The first-order chi connectivity index (χ1) is 14.0. The highest BCUT2D eigenvalue weighted by atomic mass is 32.2. The summed E-state index contributed by atoms with van der Waals surface area (Å²) in [6.45, 7) is 4.41. The van der Waals surface area contributed by atoms with Gasteiger partial charge >= 0.3 is 6.03 Å². The number of nitrogens with one attached hydrogen (secondary N) is 2. The lowest BCUT2D eigenvalue weighted by Crippen LogP contribution is -2.45. The molecule has 3 amide bonds. The lowest BCUT2D eigenvalue weighted by molar-refractivity contribution is -0.119. The number of urea groups is 1. The number of amides is 3. The lowest BCUT2D eigenvalue weighted by atomic mass is 10.2. The summed E-state index contributed by atoms with van der Waals surface area (Å²) in [5.74, 6) is 1.15. The number of hydrogen-bond donors (Lipinski definition) is 2. The van der Waals surface area contributed by atoms with Crippen molar-refractivity contribution in [3.8, 4) is 17.1 Å². The van der Waals surface area contributed by atoms with E-state index < -0.39 is 11.3 Å². The van der Waals surface area contributed by atoms with E-state index in [1.54, 1.807) is 14.0 Å². The quantitative estimate of drug-likeness (QED) is 0.671. The number of ether oxygens (including phenoxy) is 1. The van der Waals surface area contributed by atoms with Gasteiger partial charge in [0, 0.05) is 18.2 Å². The molecule has 1 atom stereocenters. The molecule has 1 saturated carbocycles. The summed E-state index contributed by atoms with van der Waals surface area (Å²) in [5.41, 5.74) is 0.917. The summed E-state index contributed by atoms with van der Waals surface area (Å²) in [6.07, 6.45) is 4.18. The summed E-state index contributed by atoms with van der Waals surface area (Å²) >= 11 is 1.28. The Bertz CT molecular complexity index is 846. The normalized spacial score (nSPS) is 15.1. The van der Waals surface area contributed by atoms with Gasteiger partial charge in [-0.2, -0.15) is 0 Å². The Morgan fingerprint density at radius 2 is 1.93 bits per heavy atom. The third-order valence-electron chi connectivity index (χ3n) is 4.96. The Morgan fingerprint density at radius 3 is 2.55 bits per heavy atom. The number of thioether (sulfide) groups is 1. The second-order valence-corrected chi connectivity index (χ2v) is 8.29. The molecule has 0 radical (unpaired) electrons. The van der Waals surface area contributed by atoms with E-state index in [1.807, 2.05) is 35.8 Å². The highest BCUT2D eigenvalue weighted by molar-refractivity contribution is 8.00. The second kappa shape index (κ2) is 9.78. The van der Waals surface area contributed by atoms with Gasteiger partial charge in [0.15, 0.2) is 11.0 Å². The Labute approximate surface area is 174 Å². The van der Waals surface area contributed by atoms with Crippen molar-refractivity contribution in [2.75, 3.05) is 7.11 Å². The second-order valence-electron chi connectivity index (χ2n) is 6.98. The van der Waals surface area contributed by atoms with E-state index in [1.165, 1.54) is 11.8 Å². The number of benzene rings is 1. The van der Waals surface area contributed by atoms with Crippen LogP contribution in [-0.4, -0.2) is 45.1 Å². The number of carbonyl (C=O) groups is 2. The van der Waals surface area contributed by atoms with Crippen LogP contribution in [0.4, 0.5) is 4.79 Å². The van der Waals surface area contributed by atoms with Crippen LogP contribution in [0, 0.1) is 0 Å². The molecule has 156 valence electrons. The molecule has 0 unspecified atom stereocenters. The molecule has 2 aromatic rings. The van der Waals surface area contributed by atoms with Crippen LogP contribution in [0.5, 0.6) is 5.75 Å². The molecule has 0 aliphatic heterocycles. The van der Waals surface area contributed by atoms with Crippen LogP contribution in [0.3, 0.4) is 0 Å². The maximum Gasteiger partial charge on any atom is 0.321 e. The molecule has 29 heavy (non-hydrogen) atoms. The number of imide groups is 1. The summed E-state index contributed by atoms with van der Waals surface area (Å²) in [7, 11) is 1.62. The maximum absolute atomic E-state index is 12.4. The van der Waals surface area contributed by atoms with Gasteiger partial charge in [-0.05, 0) is 51.0 Å². The maximum atomic E-state index is 12.4. The van der Waals surface area contributed by atoms with E-state index in [9.17, 15) is 9.59 Å². The van der Waals surface area contributed by atoms with Crippen molar-refractivity contribution >= 4 is 23.7 Å². The van der Waals surface area contributed by atoms with Crippen molar-refractivity contribution in [2.45, 2.75) is 62.5 Å². The third-order valence-corrected chi connectivity index (χ3v) is 6.04. The Morgan fingerprint density at radius 1 is 1.24 bits per heavy atom. The first kappa shape index (κ1) is 21.2. The van der Waals surface area contributed by atoms with E-state index >= 15 is 0 Å². The number of aromatic nitrogens is 3. The Balaban J connectivity index is 1.63. The van der Waals surface area contributed by atoms with Crippen molar-refractivity contribution in [1.82, 2.24) is 25.4 Å². The van der Waals surface area contributed by atoms with E-state index in [4.69, 9.17) is 4.74 Å². The molecule has 0 bridgehead atoms. The predicted octanol–water partition coefficient (Wildman–Crippen LogP) is 3.22. The zero-order valence-electron chi connectivity index (χ0n) is 17.0. The van der Waals surface area contributed by atoms with Crippen LogP contribution in [-0.2, 0) is 11.3 Å². The van der Waals surface area contributed by atoms with Crippen LogP contribution in [0.25, 0.3) is 11.4 Å². The molecule has 0 saturated heterocycles. The lowest BCUT2D eigenvalue weighted by Gasteiger charge is -2.15. The third kappa shape index (κ3) is 5.29. The molecule has 1 aromatic carbocycles. The molecule has 8 nitrogen and oxygen atoms in total. The van der Waals surface area contributed by atoms with Crippen molar-refractivity contribution in [1.29, 1.82) is 0 Å². The molecule has 1 fully saturated rings. The van der Waals surface area contributed by atoms with E-state index in [0.29, 0.717) is 11.7 Å². The van der Waals surface area contributed by atoms with Crippen LogP contribution in [0.15, 0.2) is 29.4 Å². The molecular weight excluding hydrogens is 390 g/mol. The Hall–Kier alpha value is -2.55. The Kier molecular flexibility index (Phi) is 7.13. The van der Waals surface area contributed by atoms with Gasteiger partial charge in [0.05, 0.1) is 12.4 Å². The highest BCUT2D eigenvalue weighted by Crippen LogP contribution is 2.28. The number of hydrogen-bond acceptors (Lipinski definition) is 6. The molecule has 1 aliphatic carbocycles. The molecule has 1 aromatic heterocycles. The van der Waals surface area contributed by atoms with Crippen molar-refractivity contribution < 1.29 is 14.3 Å². The highest BCUT2D eigenvalue weighted by Gasteiger charge is 2.23. The minimum Gasteiger partial charge on any atom is -0.497 e. The average molecular weight is 418 g/mol. The van der Waals surface area contributed by atoms with Crippen molar-refractivity contribution in [3.63, 3.8) is 0 Å². The molecular formula is C20H27N5O3S. The zero-order chi connectivity index (χ0) is 20.8. The number of nitrogens with zero attached hydrogens (tertiary/aromatic N) is 3. The van der Waals surface area contributed by atoms with Crippen LogP contribution < -0.4 is 15.4 Å². The van der Waals surface area contributed by atoms with Gasteiger partial charge in [-0.25, -0.2) is 4.79 Å². The van der Waals surface area contributed by atoms with Gasteiger partial charge in [0.2, 0.25) is 5.91 Å². The fourth-order valence-electron chi connectivity index (χ4n) is 3.33. The molecule has 2 N–H and O–H groups in total. The van der Waals surface area contributed by atoms with Crippen molar-refractivity contribution in [3.05, 3.63) is 24.3 Å². The zero-order valence-corrected chi connectivity index (χ0v) is 17.8. The van der Waals surface area contributed by atoms with Gasteiger partial charge in [0.25, 0.3) is 0 Å². The fraction of sp³-hybridized carbons (Fsp3) is 0.500. The first-order valence-electron chi connectivity index (χ1n) is 9.87. The fourth-order valence-corrected chi connectivity index (χ4v) is 4.24. The number of rotatable bonds is 7. The van der Waals surface area contributed by atoms with Crippen LogP contribution >= 0.6 is 11.8 Å². The monoisotopic (exact) mass is 417 g/mol. The van der Waals surface area contributed by atoms with Gasteiger partial charge < -0.3 is 14.6 Å². The topological polar surface area (TPSA) is 98.1 Å². The number of methoxy groups -OCH3 is 1. The SMILES string of the molecule is CCn1c(S[C@@H](C)C(=O)NC(=O)NC2CCCC2)nnc1-c1ccc(OC)cc1. The van der Waals surface area contributed by atoms with Crippen molar-refractivity contribution in [2.24, 2.45) is 0 Å². The largest absolute Gasteiger partial charge is 0.497 e. The average Bonchev–Trinajstić information content (AvgIpc) is 3.37. The standard InChI is InChI=1S/C20H27N5O3S/c1-4-25-17(14-9-11-16(28-3)12-10-14)23-24-20(25)29-13(2)18(26)22-19(27)21-15-7-5-6-8-15/h9-13,15H,4-8H2,1-3H3,(H2,21,22,26,27)/t13-/m0/s1. The summed E-state index contributed by atoms with van der Waals surface area (Å²) in [4.78, 5) is 24.4. The molecule has 1 aliphatic rings. The minimum atomic E-state index is -0.484. The smallest absolute Gasteiger partial charge is 0.321 e. The molecule has 0 spiro atoms. The predicted molar refractivity (Wildman–Crippen MR) is 112 cm³/mol. The molecule has 9 heteroatoms. The van der Waals surface area contributed by atoms with Gasteiger partial charge in [-0.1, -0.05) is 24.6 Å². The van der Waals surface area contributed by atoms with E-state index in [-0.39, 0.29) is 11.9 Å². The number of carbonyl (C=O) groups excluding carboxylic acids is 2. The van der Waals surface area contributed by atoms with Crippen LogP contribution in [0.2, 0.25) is 0 Å². The summed E-state index contributed by atoms with van der Waals surface area (Å²) < 4.78 is 7.15. The minimum absolute atomic E-state index is 0.168. The van der Waals surface area contributed by atoms with Gasteiger partial charge in [-0.15, -0.1) is 10.2 Å².